The fraction of sp³-hybridized carbons (Fsp3) is 0.200. The zero-order chi connectivity index (χ0) is 9.10. The van der Waals surface area contributed by atoms with Crippen molar-refractivity contribution in [3.63, 3.8) is 0 Å². The molecule has 1 aliphatic carbocycles. The predicted octanol–water partition coefficient (Wildman–Crippen LogP) is 2.64. The van der Waals surface area contributed by atoms with Crippen LogP contribution in [0.3, 0.4) is 0 Å². The van der Waals surface area contributed by atoms with Crippen molar-refractivity contribution in [2.45, 2.75) is 12.8 Å². The fourth-order valence-electron chi connectivity index (χ4n) is 1.21. The van der Waals surface area contributed by atoms with Crippen molar-refractivity contribution in [1.82, 2.24) is 4.98 Å². The van der Waals surface area contributed by atoms with Gasteiger partial charge in [0.2, 0.25) is 0 Å². The SMILES string of the molecule is N#CCc1nc2c(s1)C=CCC=C2. The van der Waals surface area contributed by atoms with E-state index in [1.807, 2.05) is 6.08 Å². The Hall–Kier alpha value is -1.40. The van der Waals surface area contributed by atoms with Crippen molar-refractivity contribution in [2.75, 3.05) is 0 Å². The van der Waals surface area contributed by atoms with Gasteiger partial charge in [-0.25, -0.2) is 4.98 Å². The van der Waals surface area contributed by atoms with Crippen LogP contribution < -0.4 is 0 Å². The van der Waals surface area contributed by atoms with Crippen LogP contribution in [-0.2, 0) is 6.42 Å². The van der Waals surface area contributed by atoms with E-state index in [2.05, 4.69) is 29.3 Å². The van der Waals surface area contributed by atoms with Gasteiger partial charge < -0.3 is 0 Å². The van der Waals surface area contributed by atoms with E-state index in [1.54, 1.807) is 11.3 Å². The highest BCUT2D eigenvalue weighted by atomic mass is 32.1. The van der Waals surface area contributed by atoms with Crippen molar-refractivity contribution >= 4 is 23.5 Å². The minimum atomic E-state index is 0.416. The van der Waals surface area contributed by atoms with Gasteiger partial charge >= 0.3 is 0 Å². The molecule has 2 rings (SSSR count). The minimum Gasteiger partial charge on any atom is -0.240 e. The molecule has 0 unspecified atom stereocenters. The van der Waals surface area contributed by atoms with Crippen LogP contribution in [0.25, 0.3) is 12.2 Å². The Labute approximate surface area is 80.9 Å². The molecule has 0 saturated carbocycles. The van der Waals surface area contributed by atoms with Crippen molar-refractivity contribution in [3.05, 3.63) is 27.7 Å². The Morgan fingerprint density at radius 2 is 2.31 bits per heavy atom. The summed E-state index contributed by atoms with van der Waals surface area (Å²) in [5.74, 6) is 0. The molecule has 0 amide bonds. The zero-order valence-corrected chi connectivity index (χ0v) is 7.84. The second-order valence-electron chi connectivity index (χ2n) is 2.73. The third-order valence-corrected chi connectivity index (χ3v) is 2.81. The Morgan fingerprint density at radius 3 is 3.15 bits per heavy atom. The maximum absolute atomic E-state index is 8.52. The van der Waals surface area contributed by atoms with Gasteiger partial charge in [0.05, 0.1) is 23.1 Å². The molecule has 0 spiro atoms. The lowest BCUT2D eigenvalue weighted by Crippen LogP contribution is -1.79. The summed E-state index contributed by atoms with van der Waals surface area (Å²) in [5.41, 5.74) is 1.00. The summed E-state index contributed by atoms with van der Waals surface area (Å²) in [6.07, 6.45) is 9.67. The van der Waals surface area contributed by atoms with Crippen molar-refractivity contribution in [2.24, 2.45) is 0 Å². The number of thiazole rings is 1. The first kappa shape index (κ1) is 8.21. The van der Waals surface area contributed by atoms with Crippen LogP contribution in [0.4, 0.5) is 0 Å². The highest BCUT2D eigenvalue weighted by Crippen LogP contribution is 2.23. The maximum atomic E-state index is 8.52. The summed E-state index contributed by atoms with van der Waals surface area (Å²) >= 11 is 1.60. The van der Waals surface area contributed by atoms with Crippen molar-refractivity contribution in [1.29, 1.82) is 5.26 Å². The number of allylic oxidation sites excluding steroid dienone is 2. The number of aromatic nitrogens is 1. The first-order chi connectivity index (χ1) is 6.40. The van der Waals surface area contributed by atoms with Crippen LogP contribution in [0.2, 0.25) is 0 Å². The first-order valence-corrected chi connectivity index (χ1v) is 4.91. The topological polar surface area (TPSA) is 36.7 Å². The Morgan fingerprint density at radius 1 is 1.46 bits per heavy atom. The van der Waals surface area contributed by atoms with E-state index in [1.165, 1.54) is 4.88 Å². The second-order valence-corrected chi connectivity index (χ2v) is 3.85. The number of rotatable bonds is 1. The molecule has 0 aliphatic heterocycles. The van der Waals surface area contributed by atoms with Crippen LogP contribution in [-0.4, -0.2) is 4.98 Å². The van der Waals surface area contributed by atoms with E-state index >= 15 is 0 Å². The number of hydrogen-bond donors (Lipinski definition) is 0. The molecule has 0 fully saturated rings. The molecule has 0 saturated heterocycles. The number of hydrogen-bond acceptors (Lipinski definition) is 3. The molecule has 1 aromatic heterocycles. The minimum absolute atomic E-state index is 0.416. The van der Waals surface area contributed by atoms with Gasteiger partial charge in [-0.15, -0.1) is 11.3 Å². The lowest BCUT2D eigenvalue weighted by Gasteiger charge is -1.82. The summed E-state index contributed by atoms with van der Waals surface area (Å²) < 4.78 is 0. The van der Waals surface area contributed by atoms with Gasteiger partial charge in [0.25, 0.3) is 0 Å². The van der Waals surface area contributed by atoms with E-state index in [4.69, 9.17) is 5.26 Å². The summed E-state index contributed by atoms with van der Waals surface area (Å²) in [6, 6.07) is 2.11. The van der Waals surface area contributed by atoms with Crippen LogP contribution in [0.1, 0.15) is 22.0 Å². The average Bonchev–Trinajstić information content (AvgIpc) is 2.37. The largest absolute Gasteiger partial charge is 0.240 e. The molecule has 0 N–H and O–H groups in total. The third-order valence-electron chi connectivity index (χ3n) is 1.77. The van der Waals surface area contributed by atoms with E-state index in [9.17, 15) is 0 Å². The van der Waals surface area contributed by atoms with Gasteiger partial charge in [-0.3, -0.25) is 0 Å². The zero-order valence-electron chi connectivity index (χ0n) is 7.03. The fourth-order valence-corrected chi connectivity index (χ4v) is 2.12. The van der Waals surface area contributed by atoms with Crippen LogP contribution in [0.5, 0.6) is 0 Å². The monoisotopic (exact) mass is 188 g/mol. The van der Waals surface area contributed by atoms with E-state index in [-0.39, 0.29) is 0 Å². The molecule has 1 heterocycles. The van der Waals surface area contributed by atoms with Gasteiger partial charge in [0.15, 0.2) is 0 Å². The second kappa shape index (κ2) is 3.55. The average molecular weight is 188 g/mol. The highest BCUT2D eigenvalue weighted by Gasteiger charge is 2.06. The molecule has 2 nitrogen and oxygen atoms in total. The van der Waals surface area contributed by atoms with Crippen molar-refractivity contribution in [3.8, 4) is 6.07 Å². The van der Waals surface area contributed by atoms with Crippen LogP contribution >= 0.6 is 11.3 Å². The molecular formula is C10H8N2S. The predicted molar refractivity (Wildman–Crippen MR) is 54.1 cm³/mol. The molecule has 64 valence electrons. The molecule has 13 heavy (non-hydrogen) atoms. The van der Waals surface area contributed by atoms with Gasteiger partial charge in [-0.05, 0) is 18.6 Å². The number of nitriles is 1. The molecule has 3 heteroatoms. The summed E-state index contributed by atoms with van der Waals surface area (Å²) in [6.45, 7) is 0. The summed E-state index contributed by atoms with van der Waals surface area (Å²) in [7, 11) is 0. The molecular weight excluding hydrogens is 180 g/mol. The normalized spacial score (nSPS) is 13.5. The quantitative estimate of drug-likeness (QED) is 0.679. The van der Waals surface area contributed by atoms with Crippen LogP contribution in [0.15, 0.2) is 12.2 Å². The standard InChI is InChI=1S/C10H8N2S/c11-7-6-10-12-8-4-2-1-3-5-9(8)13-10/h2-5H,1,6H2. The van der Waals surface area contributed by atoms with Gasteiger partial charge in [-0.1, -0.05) is 12.2 Å². The molecule has 1 aromatic rings. The lowest BCUT2D eigenvalue weighted by atomic mass is 10.3. The van der Waals surface area contributed by atoms with Gasteiger partial charge in [0, 0.05) is 0 Å². The molecule has 0 aromatic carbocycles. The highest BCUT2D eigenvalue weighted by molar-refractivity contribution is 7.12. The molecule has 0 bridgehead atoms. The lowest BCUT2D eigenvalue weighted by molar-refractivity contribution is 1.18. The smallest absolute Gasteiger partial charge is 0.108 e. The van der Waals surface area contributed by atoms with E-state index in [0.29, 0.717) is 6.42 Å². The van der Waals surface area contributed by atoms with Gasteiger partial charge in [-0.2, -0.15) is 5.26 Å². The first-order valence-electron chi connectivity index (χ1n) is 4.10. The van der Waals surface area contributed by atoms with Crippen LogP contribution in [0, 0.1) is 11.3 Å². The molecule has 0 atom stereocenters. The Bertz CT molecular complexity index is 378. The third kappa shape index (κ3) is 1.68. The Kier molecular flexibility index (Phi) is 2.24. The maximum Gasteiger partial charge on any atom is 0.108 e. The van der Waals surface area contributed by atoms with Gasteiger partial charge in [0.1, 0.15) is 5.01 Å². The Balaban J connectivity index is 2.40. The van der Waals surface area contributed by atoms with E-state index < -0.39 is 0 Å². The summed E-state index contributed by atoms with van der Waals surface area (Å²) in [4.78, 5) is 5.52. The molecule has 1 aliphatic rings. The molecule has 0 radical (unpaired) electrons. The number of fused-ring (bicyclic) bond motifs is 1. The van der Waals surface area contributed by atoms with E-state index in [0.717, 1.165) is 17.1 Å². The number of nitrogens with zero attached hydrogens (tertiary/aromatic N) is 2. The summed E-state index contributed by atoms with van der Waals surface area (Å²) in [5, 5.41) is 9.42. The van der Waals surface area contributed by atoms with Crippen molar-refractivity contribution < 1.29 is 0 Å².